The first kappa shape index (κ1) is 17.1. The highest BCUT2D eigenvalue weighted by Crippen LogP contribution is 2.25. The maximum atomic E-state index is 13.1. The Kier molecular flexibility index (Phi) is 5.10. The van der Waals surface area contributed by atoms with Gasteiger partial charge in [-0.25, -0.2) is 9.00 Å². The van der Waals surface area contributed by atoms with Gasteiger partial charge in [-0.15, -0.1) is 0 Å². The van der Waals surface area contributed by atoms with Crippen molar-refractivity contribution in [3.8, 4) is 0 Å². The summed E-state index contributed by atoms with van der Waals surface area (Å²) < 4.78 is 13.1. The molecule has 0 fully saturated rings. The van der Waals surface area contributed by atoms with E-state index in [-0.39, 0.29) is 0 Å². The first-order chi connectivity index (χ1) is 12.1. The lowest BCUT2D eigenvalue weighted by Gasteiger charge is -2.08. The van der Waals surface area contributed by atoms with Crippen molar-refractivity contribution >= 4 is 33.6 Å². The van der Waals surface area contributed by atoms with Crippen LogP contribution >= 0.6 is 0 Å². The maximum absolute atomic E-state index is 13.1. The van der Waals surface area contributed by atoms with Gasteiger partial charge in [-0.1, -0.05) is 55.5 Å². The summed E-state index contributed by atoms with van der Waals surface area (Å²) in [7, 11) is -1.38. The molecule has 0 aliphatic heterocycles. The molecule has 1 N–H and O–H groups in total. The fourth-order valence-corrected chi connectivity index (χ4v) is 3.90. The lowest BCUT2D eigenvalue weighted by molar-refractivity contribution is -0.132. The van der Waals surface area contributed by atoms with Crippen LogP contribution in [-0.2, 0) is 15.6 Å². The lowest BCUT2D eigenvalue weighted by atomic mass is 10.1. The molecule has 1 unspecified atom stereocenters. The molecule has 3 aromatic rings. The summed E-state index contributed by atoms with van der Waals surface area (Å²) in [6, 6.07) is 20.9. The number of hydrogen-bond acceptors (Lipinski definition) is 2. The van der Waals surface area contributed by atoms with Crippen LogP contribution in [0.3, 0.4) is 0 Å². The zero-order valence-electron chi connectivity index (χ0n) is 13.8. The molecule has 0 radical (unpaired) electrons. The van der Waals surface area contributed by atoms with Crippen molar-refractivity contribution in [2.24, 2.45) is 0 Å². The quantitative estimate of drug-likeness (QED) is 0.667. The van der Waals surface area contributed by atoms with Crippen LogP contribution in [0.25, 0.3) is 16.8 Å². The molecule has 3 aromatic carbocycles. The van der Waals surface area contributed by atoms with Gasteiger partial charge in [-0.05, 0) is 47.0 Å². The van der Waals surface area contributed by atoms with Gasteiger partial charge in [-0.3, -0.25) is 0 Å². The normalized spacial score (nSPS) is 12.9. The first-order valence-corrected chi connectivity index (χ1v) is 9.18. The Balaban J connectivity index is 2.06. The summed E-state index contributed by atoms with van der Waals surface area (Å²) in [4.78, 5) is 12.6. The van der Waals surface area contributed by atoms with E-state index in [2.05, 4.69) is 0 Å². The fraction of sp³-hybridized carbons (Fsp3) is 0.0952. The number of carboxylic acids is 1. The van der Waals surface area contributed by atoms with E-state index in [4.69, 9.17) is 0 Å². The molecule has 126 valence electrons. The predicted molar refractivity (Wildman–Crippen MR) is 101 cm³/mol. The molecule has 0 aliphatic rings. The topological polar surface area (TPSA) is 54.4 Å². The van der Waals surface area contributed by atoms with E-state index >= 15 is 0 Å². The Labute approximate surface area is 149 Å². The van der Waals surface area contributed by atoms with Crippen LogP contribution in [0.4, 0.5) is 0 Å². The van der Waals surface area contributed by atoms with Gasteiger partial charge in [0, 0.05) is 10.5 Å². The molecule has 25 heavy (non-hydrogen) atoms. The molecule has 3 rings (SSSR count). The molecule has 0 amide bonds. The van der Waals surface area contributed by atoms with Gasteiger partial charge in [0.15, 0.2) is 0 Å². The van der Waals surface area contributed by atoms with Crippen LogP contribution in [0.1, 0.15) is 18.9 Å². The minimum absolute atomic E-state index is 0.294. The Morgan fingerprint density at radius 2 is 1.68 bits per heavy atom. The van der Waals surface area contributed by atoms with Crippen molar-refractivity contribution in [3.05, 3.63) is 77.9 Å². The number of benzene rings is 3. The van der Waals surface area contributed by atoms with E-state index in [0.717, 1.165) is 10.8 Å². The molecule has 0 bridgehead atoms. The van der Waals surface area contributed by atoms with Crippen molar-refractivity contribution in [3.63, 3.8) is 0 Å². The second-order valence-corrected chi connectivity index (χ2v) is 7.09. The van der Waals surface area contributed by atoms with Gasteiger partial charge in [0.1, 0.15) is 0 Å². The van der Waals surface area contributed by atoms with E-state index in [1.54, 1.807) is 25.1 Å². The van der Waals surface area contributed by atoms with Crippen LogP contribution in [0.2, 0.25) is 0 Å². The van der Waals surface area contributed by atoms with Crippen LogP contribution in [-0.4, -0.2) is 15.3 Å². The maximum Gasteiger partial charge on any atom is 0.331 e. The third kappa shape index (κ3) is 3.69. The molecule has 0 saturated heterocycles. The van der Waals surface area contributed by atoms with Crippen molar-refractivity contribution < 1.29 is 14.1 Å². The summed E-state index contributed by atoms with van der Waals surface area (Å²) in [6.07, 6.45) is 2.02. The number of aliphatic carboxylic acids is 1. The largest absolute Gasteiger partial charge is 0.478 e. The number of carboxylic acid groups (broad SMARTS) is 1. The van der Waals surface area contributed by atoms with Gasteiger partial charge in [0.05, 0.1) is 15.7 Å². The number of rotatable bonds is 5. The van der Waals surface area contributed by atoms with Gasteiger partial charge in [0.25, 0.3) is 0 Å². The zero-order chi connectivity index (χ0) is 17.8. The Morgan fingerprint density at radius 3 is 2.40 bits per heavy atom. The fourth-order valence-electron chi connectivity index (χ4n) is 2.68. The van der Waals surface area contributed by atoms with Gasteiger partial charge >= 0.3 is 5.97 Å². The van der Waals surface area contributed by atoms with E-state index in [0.29, 0.717) is 27.3 Å². The summed E-state index contributed by atoms with van der Waals surface area (Å²) in [5.41, 5.74) is 0.969. The third-order valence-corrected chi connectivity index (χ3v) is 5.49. The van der Waals surface area contributed by atoms with Crippen LogP contribution < -0.4 is 0 Å². The number of carbonyl (C=O) groups is 1. The highest BCUT2D eigenvalue weighted by Gasteiger charge is 2.13. The molecule has 4 heteroatoms. The van der Waals surface area contributed by atoms with Crippen LogP contribution in [0.5, 0.6) is 0 Å². The highest BCUT2D eigenvalue weighted by atomic mass is 32.2. The van der Waals surface area contributed by atoms with Gasteiger partial charge < -0.3 is 5.11 Å². The van der Waals surface area contributed by atoms with Crippen LogP contribution in [0.15, 0.2) is 82.1 Å². The lowest BCUT2D eigenvalue weighted by Crippen LogP contribution is -2.01. The monoisotopic (exact) mass is 350 g/mol. The average Bonchev–Trinajstić information content (AvgIpc) is 2.65. The second kappa shape index (κ2) is 7.45. The SMILES string of the molecule is CCC(=Cc1ccccc1S(=O)c1ccc2ccccc2c1)C(=O)O. The Bertz CT molecular complexity index is 989. The van der Waals surface area contributed by atoms with Crippen molar-refractivity contribution in [1.82, 2.24) is 0 Å². The van der Waals surface area contributed by atoms with E-state index in [9.17, 15) is 14.1 Å². The van der Waals surface area contributed by atoms with Crippen molar-refractivity contribution in [1.29, 1.82) is 0 Å². The molecule has 0 spiro atoms. The van der Waals surface area contributed by atoms with E-state index in [1.165, 1.54) is 0 Å². The number of fused-ring (bicyclic) bond motifs is 1. The second-order valence-electron chi connectivity index (χ2n) is 5.64. The third-order valence-electron chi connectivity index (χ3n) is 4.04. The average molecular weight is 350 g/mol. The molecular weight excluding hydrogens is 332 g/mol. The Morgan fingerprint density at radius 1 is 1.00 bits per heavy atom. The number of hydrogen-bond donors (Lipinski definition) is 1. The molecule has 0 saturated carbocycles. The molecule has 3 nitrogen and oxygen atoms in total. The summed E-state index contributed by atoms with van der Waals surface area (Å²) >= 11 is 0. The van der Waals surface area contributed by atoms with Gasteiger partial charge in [0.2, 0.25) is 0 Å². The predicted octanol–water partition coefficient (Wildman–Crippen LogP) is 4.88. The van der Waals surface area contributed by atoms with Crippen molar-refractivity contribution in [2.75, 3.05) is 0 Å². The van der Waals surface area contributed by atoms with E-state index < -0.39 is 16.8 Å². The minimum atomic E-state index is -1.38. The minimum Gasteiger partial charge on any atom is -0.478 e. The van der Waals surface area contributed by atoms with Gasteiger partial charge in [-0.2, -0.15) is 0 Å². The summed E-state index contributed by atoms with van der Waals surface area (Å²) in [6.45, 7) is 1.79. The first-order valence-electron chi connectivity index (χ1n) is 8.03. The molecule has 0 aromatic heterocycles. The van der Waals surface area contributed by atoms with Crippen molar-refractivity contribution in [2.45, 2.75) is 23.1 Å². The van der Waals surface area contributed by atoms with E-state index in [1.807, 2.05) is 54.6 Å². The molecular formula is C21H18O3S. The zero-order valence-corrected chi connectivity index (χ0v) is 14.6. The standard InChI is InChI=1S/C21H18O3S/c1-2-15(21(22)23)13-18-9-5-6-10-20(18)25(24)19-12-11-16-7-3-4-8-17(16)14-19/h3-14H,2H2,1H3,(H,22,23). The summed E-state index contributed by atoms with van der Waals surface area (Å²) in [5, 5.41) is 11.4. The van der Waals surface area contributed by atoms with Crippen LogP contribution in [0, 0.1) is 0 Å². The summed E-state index contributed by atoms with van der Waals surface area (Å²) in [5.74, 6) is -0.950. The smallest absolute Gasteiger partial charge is 0.331 e. The molecule has 0 aliphatic carbocycles. The highest BCUT2D eigenvalue weighted by molar-refractivity contribution is 7.85. The molecule has 1 atom stereocenters. The molecule has 0 heterocycles. The Hall–Kier alpha value is -2.72.